The third-order valence-electron chi connectivity index (χ3n) is 3.26. The molecule has 1 aliphatic carbocycles. The van der Waals surface area contributed by atoms with Crippen molar-refractivity contribution in [3.63, 3.8) is 0 Å². The highest BCUT2D eigenvalue weighted by Gasteiger charge is 2.29. The van der Waals surface area contributed by atoms with Gasteiger partial charge < -0.3 is 0 Å². The van der Waals surface area contributed by atoms with Gasteiger partial charge in [0.15, 0.2) is 5.78 Å². The Labute approximate surface area is 103 Å². The highest BCUT2D eigenvalue weighted by Crippen LogP contribution is 2.38. The van der Waals surface area contributed by atoms with Crippen molar-refractivity contribution >= 4 is 5.78 Å². The van der Waals surface area contributed by atoms with Gasteiger partial charge in [0.05, 0.1) is 0 Å². The average Bonchev–Trinajstić information content (AvgIpc) is 2.63. The zero-order valence-corrected chi connectivity index (χ0v) is 9.73. The summed E-state index contributed by atoms with van der Waals surface area (Å²) in [6.07, 6.45) is 0.246. The minimum atomic E-state index is -0.917. The molecule has 0 unspecified atom stereocenters. The van der Waals surface area contributed by atoms with Gasteiger partial charge in [-0.05, 0) is 18.1 Å². The molecule has 0 bridgehead atoms. The number of carbonyl (C=O) groups is 1. The van der Waals surface area contributed by atoms with E-state index >= 15 is 0 Å². The summed E-state index contributed by atoms with van der Waals surface area (Å²) in [4.78, 5) is 12.0. The Morgan fingerprint density at radius 2 is 1.94 bits per heavy atom. The van der Waals surface area contributed by atoms with Gasteiger partial charge in [-0.1, -0.05) is 54.1 Å². The number of hydrogen-bond acceptors (Lipinski definition) is 1. The number of rotatable bonds is 1. The molecule has 2 aromatic carbocycles. The first kappa shape index (κ1) is 9.17. The van der Waals surface area contributed by atoms with Crippen molar-refractivity contribution in [3.05, 3.63) is 70.8 Å². The fourth-order valence-corrected chi connectivity index (χ4v) is 2.40. The standard InChI is InChI=1S/C16H14O/c1-11-7-8-13-15(9-11)14(10-16(13)17)12-5-3-2-4-6-12/h2-9,14H,10H2,1H3/t14-/m1/s1/i14D. The number of aryl methyl sites for hydroxylation is 1. The SMILES string of the molecule is [2H][C@]1(c2ccccc2)CC(=O)c2ccc(C)cc21. The van der Waals surface area contributed by atoms with Crippen molar-refractivity contribution in [2.24, 2.45) is 0 Å². The molecule has 0 aliphatic heterocycles. The normalized spacial score (nSPS) is 23.4. The minimum absolute atomic E-state index is 0.0730. The van der Waals surface area contributed by atoms with Crippen LogP contribution in [0.15, 0.2) is 48.5 Å². The second-order valence-electron chi connectivity index (χ2n) is 4.49. The van der Waals surface area contributed by atoms with Gasteiger partial charge in [0.1, 0.15) is 0 Å². The molecule has 0 amide bonds. The van der Waals surface area contributed by atoms with Crippen molar-refractivity contribution in [3.8, 4) is 0 Å². The van der Waals surface area contributed by atoms with Crippen LogP contribution in [0.25, 0.3) is 0 Å². The van der Waals surface area contributed by atoms with Crippen LogP contribution in [0.5, 0.6) is 0 Å². The maximum Gasteiger partial charge on any atom is 0.164 e. The van der Waals surface area contributed by atoms with E-state index in [9.17, 15) is 4.79 Å². The zero-order chi connectivity index (χ0) is 12.8. The molecule has 0 saturated heterocycles. The van der Waals surface area contributed by atoms with E-state index in [1.54, 1.807) is 0 Å². The minimum Gasteiger partial charge on any atom is -0.294 e. The van der Waals surface area contributed by atoms with Gasteiger partial charge in [0.2, 0.25) is 0 Å². The van der Waals surface area contributed by atoms with Crippen molar-refractivity contribution in [1.82, 2.24) is 0 Å². The number of ketones is 1. The van der Waals surface area contributed by atoms with Crippen LogP contribution in [0.4, 0.5) is 0 Å². The van der Waals surface area contributed by atoms with Crippen LogP contribution < -0.4 is 0 Å². The van der Waals surface area contributed by atoms with Crippen LogP contribution in [0, 0.1) is 6.92 Å². The van der Waals surface area contributed by atoms with Gasteiger partial charge in [-0.3, -0.25) is 4.79 Å². The lowest BCUT2D eigenvalue weighted by Crippen LogP contribution is -1.96. The van der Waals surface area contributed by atoms with Crippen LogP contribution in [0.1, 0.15) is 40.7 Å². The monoisotopic (exact) mass is 223 g/mol. The Hall–Kier alpha value is -1.89. The molecule has 1 aliphatic rings. The molecule has 3 rings (SSSR count). The summed E-state index contributed by atoms with van der Waals surface area (Å²) >= 11 is 0. The summed E-state index contributed by atoms with van der Waals surface area (Å²) in [6.45, 7) is 1.99. The van der Waals surface area contributed by atoms with Gasteiger partial charge in [-0.15, -0.1) is 0 Å². The molecule has 1 heteroatoms. The Bertz CT molecular complexity index is 618. The Morgan fingerprint density at radius 1 is 1.18 bits per heavy atom. The van der Waals surface area contributed by atoms with Crippen LogP contribution in [0.2, 0.25) is 0 Å². The number of Topliss-reactive ketones (excluding diaryl/α,β-unsaturated/α-hetero) is 1. The topological polar surface area (TPSA) is 17.1 Å². The Morgan fingerprint density at radius 3 is 2.71 bits per heavy atom. The molecule has 0 heterocycles. The van der Waals surface area contributed by atoms with Gasteiger partial charge in [-0.2, -0.15) is 0 Å². The van der Waals surface area contributed by atoms with E-state index in [0.717, 1.165) is 16.7 Å². The van der Waals surface area contributed by atoms with Crippen LogP contribution in [-0.2, 0) is 0 Å². The zero-order valence-electron chi connectivity index (χ0n) is 10.7. The van der Waals surface area contributed by atoms with Gasteiger partial charge in [0.25, 0.3) is 0 Å². The molecule has 0 saturated carbocycles. The van der Waals surface area contributed by atoms with Crippen molar-refractivity contribution in [1.29, 1.82) is 0 Å². The summed E-state index contributed by atoms with van der Waals surface area (Å²) in [6, 6.07) is 15.4. The Balaban J connectivity index is 2.23. The van der Waals surface area contributed by atoms with E-state index in [0.29, 0.717) is 5.56 Å². The number of hydrogen-bond donors (Lipinski definition) is 0. The maximum absolute atomic E-state index is 12.0. The summed E-state index contributed by atoms with van der Waals surface area (Å²) in [5.74, 6) is -0.844. The fraction of sp³-hybridized carbons (Fsp3) is 0.188. The van der Waals surface area contributed by atoms with Gasteiger partial charge >= 0.3 is 0 Å². The van der Waals surface area contributed by atoms with E-state index in [-0.39, 0.29) is 12.2 Å². The van der Waals surface area contributed by atoms with Crippen molar-refractivity contribution < 1.29 is 6.17 Å². The molecule has 0 spiro atoms. The highest BCUT2D eigenvalue weighted by molar-refractivity contribution is 6.02. The molecular formula is C16H14O. The highest BCUT2D eigenvalue weighted by atomic mass is 16.1. The predicted molar refractivity (Wildman–Crippen MR) is 68.4 cm³/mol. The second kappa shape index (κ2) is 3.85. The number of benzene rings is 2. The molecule has 0 aromatic heterocycles. The van der Waals surface area contributed by atoms with E-state index < -0.39 is 5.89 Å². The fourth-order valence-electron chi connectivity index (χ4n) is 2.40. The molecule has 1 nitrogen and oxygen atoms in total. The first-order chi connectivity index (χ1) is 8.61. The largest absolute Gasteiger partial charge is 0.294 e. The Kier molecular flexibility index (Phi) is 2.08. The lowest BCUT2D eigenvalue weighted by molar-refractivity contribution is 0.0991. The third kappa shape index (κ3) is 1.68. The lowest BCUT2D eigenvalue weighted by Gasteiger charge is -2.11. The van der Waals surface area contributed by atoms with Gasteiger partial charge in [0, 0.05) is 19.2 Å². The molecule has 2 aromatic rings. The number of fused-ring (bicyclic) bond motifs is 1. The van der Waals surface area contributed by atoms with E-state index in [4.69, 9.17) is 1.37 Å². The van der Waals surface area contributed by atoms with Crippen molar-refractivity contribution in [2.45, 2.75) is 19.2 Å². The summed E-state index contributed by atoms with van der Waals surface area (Å²) in [5, 5.41) is 0. The first-order valence-electron chi connectivity index (χ1n) is 6.31. The van der Waals surface area contributed by atoms with E-state index in [1.165, 1.54) is 0 Å². The van der Waals surface area contributed by atoms with Crippen molar-refractivity contribution in [2.75, 3.05) is 0 Å². The molecule has 0 fully saturated rings. The molecule has 17 heavy (non-hydrogen) atoms. The number of carbonyl (C=O) groups excluding carboxylic acids is 1. The molecular weight excluding hydrogens is 208 g/mol. The van der Waals surface area contributed by atoms with Gasteiger partial charge in [-0.25, -0.2) is 0 Å². The third-order valence-corrected chi connectivity index (χ3v) is 3.26. The molecule has 0 radical (unpaired) electrons. The summed E-state index contributed by atoms with van der Waals surface area (Å²) < 4.78 is 8.71. The molecule has 0 N–H and O–H groups in total. The van der Waals surface area contributed by atoms with E-state index in [2.05, 4.69) is 0 Å². The summed E-state index contributed by atoms with van der Waals surface area (Å²) in [5.41, 5.74) is 3.54. The maximum atomic E-state index is 12.0. The predicted octanol–water partition coefficient (Wildman–Crippen LogP) is 3.71. The molecule has 84 valence electrons. The molecule has 1 atom stereocenters. The summed E-state index contributed by atoms with van der Waals surface area (Å²) in [7, 11) is 0. The first-order valence-corrected chi connectivity index (χ1v) is 5.81. The van der Waals surface area contributed by atoms with Crippen LogP contribution in [0.3, 0.4) is 0 Å². The second-order valence-corrected chi connectivity index (χ2v) is 4.49. The van der Waals surface area contributed by atoms with E-state index in [1.807, 2.05) is 55.5 Å². The smallest absolute Gasteiger partial charge is 0.164 e. The van der Waals surface area contributed by atoms with Crippen LogP contribution in [-0.4, -0.2) is 5.78 Å². The average molecular weight is 223 g/mol. The van der Waals surface area contributed by atoms with Crippen LogP contribution >= 0.6 is 0 Å². The lowest BCUT2D eigenvalue weighted by atomic mass is 9.92. The quantitative estimate of drug-likeness (QED) is 0.720.